The molecule has 94 valence electrons. The molecule has 4 N–H and O–H groups in total. The van der Waals surface area contributed by atoms with Crippen LogP contribution in [0.15, 0.2) is 18.2 Å². The topological polar surface area (TPSA) is 64.5 Å². The number of para-hydroxylation sites is 1. The minimum absolute atomic E-state index is 0.475. The Bertz CT molecular complexity index is 375. The zero-order chi connectivity index (χ0) is 12.3. The van der Waals surface area contributed by atoms with Crippen LogP contribution in [0.1, 0.15) is 12.5 Å². The van der Waals surface area contributed by atoms with E-state index in [9.17, 15) is 0 Å². The molecular weight excluding hydrogens is 214 g/mol. The van der Waals surface area contributed by atoms with Gasteiger partial charge in [0.05, 0.1) is 24.6 Å². The van der Waals surface area contributed by atoms with Crippen LogP contribution in [0.3, 0.4) is 0 Å². The summed E-state index contributed by atoms with van der Waals surface area (Å²) in [7, 11) is 0. The van der Waals surface area contributed by atoms with E-state index in [0.717, 1.165) is 44.0 Å². The first-order chi connectivity index (χ1) is 8.18. The lowest BCUT2D eigenvalue weighted by molar-refractivity contribution is 0.0204. The van der Waals surface area contributed by atoms with Crippen LogP contribution in [-0.4, -0.2) is 37.2 Å². The molecule has 0 aromatic heterocycles. The molecule has 0 bridgehead atoms. The standard InChI is InChI=1S/C13H21N3O/c1-10(16-5-7-17-8-6-16)9-11-3-2-4-12(14)13(11)15/h2-4,10H,5-9,14-15H2,1H3. The molecule has 1 heterocycles. The lowest BCUT2D eigenvalue weighted by Gasteiger charge is -2.32. The number of morpholine rings is 1. The zero-order valence-corrected chi connectivity index (χ0v) is 10.4. The Hall–Kier alpha value is -1.26. The number of rotatable bonds is 3. The summed E-state index contributed by atoms with van der Waals surface area (Å²) in [5.74, 6) is 0. The maximum Gasteiger partial charge on any atom is 0.0594 e. The molecule has 2 rings (SSSR count). The predicted octanol–water partition coefficient (Wildman–Crippen LogP) is 1.11. The van der Waals surface area contributed by atoms with Crippen molar-refractivity contribution in [2.75, 3.05) is 37.8 Å². The summed E-state index contributed by atoms with van der Waals surface area (Å²) in [6.45, 7) is 5.90. The van der Waals surface area contributed by atoms with E-state index >= 15 is 0 Å². The van der Waals surface area contributed by atoms with E-state index in [4.69, 9.17) is 16.2 Å². The Kier molecular flexibility index (Phi) is 3.86. The van der Waals surface area contributed by atoms with Gasteiger partial charge in [0.15, 0.2) is 0 Å². The van der Waals surface area contributed by atoms with E-state index in [2.05, 4.69) is 17.9 Å². The van der Waals surface area contributed by atoms with Crippen LogP contribution >= 0.6 is 0 Å². The molecule has 1 aliphatic rings. The van der Waals surface area contributed by atoms with Gasteiger partial charge in [0, 0.05) is 19.1 Å². The lowest BCUT2D eigenvalue weighted by atomic mass is 10.0. The van der Waals surface area contributed by atoms with Crippen LogP contribution in [0.4, 0.5) is 11.4 Å². The lowest BCUT2D eigenvalue weighted by Crippen LogP contribution is -2.43. The van der Waals surface area contributed by atoms with Crippen molar-refractivity contribution < 1.29 is 4.74 Å². The second kappa shape index (κ2) is 5.38. The minimum Gasteiger partial charge on any atom is -0.397 e. The monoisotopic (exact) mass is 235 g/mol. The third kappa shape index (κ3) is 2.90. The molecule has 0 amide bonds. The van der Waals surface area contributed by atoms with Gasteiger partial charge in [0.2, 0.25) is 0 Å². The molecule has 17 heavy (non-hydrogen) atoms. The van der Waals surface area contributed by atoms with Crippen LogP contribution in [0.5, 0.6) is 0 Å². The number of anilines is 2. The molecule has 4 nitrogen and oxygen atoms in total. The molecule has 0 spiro atoms. The summed E-state index contributed by atoms with van der Waals surface area (Å²) >= 11 is 0. The Morgan fingerprint density at radius 2 is 2.00 bits per heavy atom. The Morgan fingerprint density at radius 3 is 2.71 bits per heavy atom. The molecule has 4 heteroatoms. The average Bonchev–Trinajstić information content (AvgIpc) is 2.36. The summed E-state index contributed by atoms with van der Waals surface area (Å²) < 4.78 is 5.36. The van der Waals surface area contributed by atoms with Crippen molar-refractivity contribution in [2.45, 2.75) is 19.4 Å². The first kappa shape index (κ1) is 12.2. The highest BCUT2D eigenvalue weighted by Gasteiger charge is 2.18. The van der Waals surface area contributed by atoms with Gasteiger partial charge in [-0.05, 0) is 25.0 Å². The van der Waals surface area contributed by atoms with Crippen molar-refractivity contribution in [3.8, 4) is 0 Å². The van der Waals surface area contributed by atoms with E-state index in [0.29, 0.717) is 11.7 Å². The van der Waals surface area contributed by atoms with Gasteiger partial charge in [-0.1, -0.05) is 12.1 Å². The SMILES string of the molecule is CC(Cc1cccc(N)c1N)N1CCOCC1. The number of nitrogens with two attached hydrogens (primary N) is 2. The Morgan fingerprint density at radius 1 is 1.29 bits per heavy atom. The van der Waals surface area contributed by atoms with Crippen LogP contribution in [-0.2, 0) is 11.2 Å². The van der Waals surface area contributed by atoms with Gasteiger partial charge in [-0.15, -0.1) is 0 Å². The first-order valence-corrected chi connectivity index (χ1v) is 6.13. The Labute approximate surface area is 103 Å². The van der Waals surface area contributed by atoms with Gasteiger partial charge in [-0.2, -0.15) is 0 Å². The summed E-state index contributed by atoms with van der Waals surface area (Å²) in [5, 5.41) is 0. The number of nitrogen functional groups attached to an aromatic ring is 2. The number of hydrogen-bond donors (Lipinski definition) is 2. The third-order valence-corrected chi connectivity index (χ3v) is 3.41. The molecule has 0 aliphatic carbocycles. The van der Waals surface area contributed by atoms with E-state index in [1.807, 2.05) is 12.1 Å². The highest BCUT2D eigenvalue weighted by Crippen LogP contribution is 2.22. The molecule has 1 aromatic carbocycles. The van der Waals surface area contributed by atoms with Crippen molar-refractivity contribution in [1.82, 2.24) is 4.90 Å². The summed E-state index contributed by atoms with van der Waals surface area (Å²) in [5.41, 5.74) is 14.4. The minimum atomic E-state index is 0.475. The maximum absolute atomic E-state index is 5.99. The van der Waals surface area contributed by atoms with Gasteiger partial charge in [0.25, 0.3) is 0 Å². The molecule has 1 unspecified atom stereocenters. The van der Waals surface area contributed by atoms with Crippen LogP contribution in [0.2, 0.25) is 0 Å². The van der Waals surface area contributed by atoms with E-state index in [1.54, 1.807) is 0 Å². The van der Waals surface area contributed by atoms with Crippen molar-refractivity contribution >= 4 is 11.4 Å². The summed E-state index contributed by atoms with van der Waals surface area (Å²) in [6.07, 6.45) is 0.941. The highest BCUT2D eigenvalue weighted by molar-refractivity contribution is 5.67. The second-order valence-corrected chi connectivity index (χ2v) is 4.62. The van der Waals surface area contributed by atoms with E-state index in [-0.39, 0.29) is 0 Å². The van der Waals surface area contributed by atoms with Crippen molar-refractivity contribution in [3.05, 3.63) is 23.8 Å². The van der Waals surface area contributed by atoms with Gasteiger partial charge in [-0.3, -0.25) is 4.90 Å². The third-order valence-electron chi connectivity index (χ3n) is 3.41. The van der Waals surface area contributed by atoms with Gasteiger partial charge in [0.1, 0.15) is 0 Å². The molecular formula is C13H21N3O. The van der Waals surface area contributed by atoms with Crippen molar-refractivity contribution in [1.29, 1.82) is 0 Å². The maximum atomic E-state index is 5.99. The average molecular weight is 235 g/mol. The molecule has 1 saturated heterocycles. The fourth-order valence-electron chi connectivity index (χ4n) is 2.28. The van der Waals surface area contributed by atoms with Crippen molar-refractivity contribution in [3.63, 3.8) is 0 Å². The number of hydrogen-bond acceptors (Lipinski definition) is 4. The molecule has 1 aliphatic heterocycles. The highest BCUT2D eigenvalue weighted by atomic mass is 16.5. The fraction of sp³-hybridized carbons (Fsp3) is 0.538. The second-order valence-electron chi connectivity index (χ2n) is 4.62. The summed E-state index contributed by atoms with van der Waals surface area (Å²) in [4.78, 5) is 2.44. The number of benzene rings is 1. The number of ether oxygens (including phenoxy) is 1. The van der Waals surface area contributed by atoms with Crippen LogP contribution in [0.25, 0.3) is 0 Å². The first-order valence-electron chi connectivity index (χ1n) is 6.13. The molecule has 0 saturated carbocycles. The summed E-state index contributed by atoms with van der Waals surface area (Å²) in [6, 6.07) is 6.34. The quantitative estimate of drug-likeness (QED) is 0.770. The van der Waals surface area contributed by atoms with E-state index < -0.39 is 0 Å². The largest absolute Gasteiger partial charge is 0.397 e. The van der Waals surface area contributed by atoms with Gasteiger partial charge in [-0.25, -0.2) is 0 Å². The zero-order valence-electron chi connectivity index (χ0n) is 10.4. The van der Waals surface area contributed by atoms with Gasteiger partial charge >= 0.3 is 0 Å². The van der Waals surface area contributed by atoms with E-state index in [1.165, 1.54) is 0 Å². The number of nitrogens with zero attached hydrogens (tertiary/aromatic N) is 1. The normalized spacial score (nSPS) is 19.1. The van der Waals surface area contributed by atoms with Crippen LogP contribution in [0, 0.1) is 0 Å². The molecule has 1 fully saturated rings. The van der Waals surface area contributed by atoms with Crippen molar-refractivity contribution in [2.24, 2.45) is 0 Å². The smallest absolute Gasteiger partial charge is 0.0594 e. The fourth-order valence-corrected chi connectivity index (χ4v) is 2.28. The van der Waals surface area contributed by atoms with Crippen LogP contribution < -0.4 is 11.5 Å². The molecule has 0 radical (unpaired) electrons. The molecule has 1 aromatic rings. The predicted molar refractivity (Wildman–Crippen MR) is 70.8 cm³/mol. The molecule has 1 atom stereocenters. The Balaban J connectivity index is 2.01. The van der Waals surface area contributed by atoms with Gasteiger partial charge < -0.3 is 16.2 Å².